The number of carbonyl (C=O) groups excluding carboxylic acids is 2. The third-order valence-corrected chi connectivity index (χ3v) is 4.60. The second-order valence-electron chi connectivity index (χ2n) is 6.36. The lowest BCUT2D eigenvalue weighted by Crippen LogP contribution is -2.50. The van der Waals surface area contributed by atoms with Gasteiger partial charge in [-0.1, -0.05) is 18.2 Å². The molecule has 0 bridgehead atoms. The predicted molar refractivity (Wildman–Crippen MR) is 87.2 cm³/mol. The number of hydrogen-bond acceptors (Lipinski definition) is 3. The summed E-state index contributed by atoms with van der Waals surface area (Å²) in [4.78, 5) is 26.3. The van der Waals surface area contributed by atoms with E-state index in [-0.39, 0.29) is 11.8 Å². The standard InChI is InChI=1S/C18H24N2O3/c1-13(18(22)20-7-9-23-10-8-20)19-17(21)12-14-5-6-15-3-2-4-16(15)11-14/h5-6,11,13H,2-4,7-10,12H2,1H3,(H,19,21)/t13-/m0/s1. The summed E-state index contributed by atoms with van der Waals surface area (Å²) in [5.41, 5.74) is 3.80. The second kappa shape index (κ2) is 7.13. The average molecular weight is 316 g/mol. The zero-order valence-corrected chi connectivity index (χ0v) is 13.6. The molecule has 1 fully saturated rings. The van der Waals surface area contributed by atoms with Gasteiger partial charge in [-0.2, -0.15) is 0 Å². The Morgan fingerprint density at radius 3 is 2.74 bits per heavy atom. The van der Waals surface area contributed by atoms with Crippen LogP contribution in [0.5, 0.6) is 0 Å². The molecule has 0 spiro atoms. The molecule has 0 unspecified atom stereocenters. The van der Waals surface area contributed by atoms with Gasteiger partial charge in [-0.15, -0.1) is 0 Å². The van der Waals surface area contributed by atoms with Crippen molar-refractivity contribution in [2.24, 2.45) is 0 Å². The second-order valence-corrected chi connectivity index (χ2v) is 6.36. The number of ether oxygens (including phenoxy) is 1. The smallest absolute Gasteiger partial charge is 0.245 e. The Morgan fingerprint density at radius 1 is 1.22 bits per heavy atom. The van der Waals surface area contributed by atoms with Gasteiger partial charge in [0.2, 0.25) is 11.8 Å². The third-order valence-electron chi connectivity index (χ3n) is 4.60. The third kappa shape index (κ3) is 3.91. The number of rotatable bonds is 4. The van der Waals surface area contributed by atoms with Crippen LogP contribution in [0.3, 0.4) is 0 Å². The summed E-state index contributed by atoms with van der Waals surface area (Å²) in [6, 6.07) is 5.80. The Kier molecular flexibility index (Phi) is 4.96. The molecule has 1 N–H and O–H groups in total. The minimum Gasteiger partial charge on any atom is -0.378 e. The van der Waals surface area contributed by atoms with E-state index < -0.39 is 6.04 Å². The molecule has 1 saturated heterocycles. The summed E-state index contributed by atoms with van der Waals surface area (Å²) < 4.78 is 5.25. The molecule has 1 heterocycles. The van der Waals surface area contributed by atoms with Gasteiger partial charge in [0.1, 0.15) is 6.04 Å². The SMILES string of the molecule is C[C@H](NC(=O)Cc1ccc2c(c1)CCC2)C(=O)N1CCOCC1. The van der Waals surface area contributed by atoms with E-state index in [9.17, 15) is 9.59 Å². The largest absolute Gasteiger partial charge is 0.378 e. The molecule has 1 aromatic carbocycles. The summed E-state index contributed by atoms with van der Waals surface area (Å²) in [5, 5.41) is 2.82. The van der Waals surface area contributed by atoms with Crippen LogP contribution in [0.4, 0.5) is 0 Å². The molecule has 1 aliphatic heterocycles. The first-order valence-corrected chi connectivity index (χ1v) is 8.40. The van der Waals surface area contributed by atoms with Gasteiger partial charge in [0.15, 0.2) is 0 Å². The van der Waals surface area contributed by atoms with Crippen molar-refractivity contribution in [1.82, 2.24) is 10.2 Å². The van der Waals surface area contributed by atoms with Crippen LogP contribution in [-0.2, 0) is 33.6 Å². The van der Waals surface area contributed by atoms with Crippen molar-refractivity contribution in [1.29, 1.82) is 0 Å². The molecule has 5 nitrogen and oxygen atoms in total. The van der Waals surface area contributed by atoms with E-state index >= 15 is 0 Å². The van der Waals surface area contributed by atoms with Gasteiger partial charge >= 0.3 is 0 Å². The topological polar surface area (TPSA) is 58.6 Å². The summed E-state index contributed by atoms with van der Waals surface area (Å²) in [6.45, 7) is 4.09. The van der Waals surface area contributed by atoms with Crippen molar-refractivity contribution in [3.8, 4) is 0 Å². The molecule has 23 heavy (non-hydrogen) atoms. The zero-order chi connectivity index (χ0) is 16.2. The van der Waals surface area contributed by atoms with Crippen molar-refractivity contribution in [3.63, 3.8) is 0 Å². The van der Waals surface area contributed by atoms with E-state index in [0.717, 1.165) is 18.4 Å². The molecule has 5 heteroatoms. The average Bonchev–Trinajstić information content (AvgIpc) is 3.02. The molecule has 0 saturated carbocycles. The van der Waals surface area contributed by atoms with Crippen molar-refractivity contribution in [3.05, 3.63) is 34.9 Å². The van der Waals surface area contributed by atoms with E-state index in [1.165, 1.54) is 17.5 Å². The molecule has 1 aliphatic carbocycles. The van der Waals surface area contributed by atoms with Crippen LogP contribution < -0.4 is 5.32 Å². The first-order valence-electron chi connectivity index (χ1n) is 8.40. The molecular weight excluding hydrogens is 292 g/mol. The number of benzene rings is 1. The van der Waals surface area contributed by atoms with E-state index in [1.54, 1.807) is 11.8 Å². The monoisotopic (exact) mass is 316 g/mol. The summed E-state index contributed by atoms with van der Waals surface area (Å²) in [5.74, 6) is -0.132. The maximum atomic E-state index is 12.3. The fourth-order valence-electron chi connectivity index (χ4n) is 3.33. The number of aryl methyl sites for hydroxylation is 2. The fourth-order valence-corrected chi connectivity index (χ4v) is 3.33. The van der Waals surface area contributed by atoms with Gasteiger partial charge in [-0.25, -0.2) is 0 Å². The van der Waals surface area contributed by atoms with Gasteiger partial charge in [0, 0.05) is 13.1 Å². The van der Waals surface area contributed by atoms with Crippen LogP contribution >= 0.6 is 0 Å². The van der Waals surface area contributed by atoms with Crippen LogP contribution in [0.2, 0.25) is 0 Å². The molecule has 0 aromatic heterocycles. The maximum absolute atomic E-state index is 12.3. The number of amides is 2. The number of hydrogen-bond donors (Lipinski definition) is 1. The Labute approximate surface area is 137 Å². The Balaban J connectivity index is 1.53. The van der Waals surface area contributed by atoms with Crippen molar-refractivity contribution in [2.75, 3.05) is 26.3 Å². The molecule has 1 atom stereocenters. The molecule has 124 valence electrons. The minimum absolute atomic E-state index is 0.0318. The zero-order valence-electron chi connectivity index (χ0n) is 13.6. The van der Waals surface area contributed by atoms with E-state index in [2.05, 4.69) is 17.4 Å². The van der Waals surface area contributed by atoms with Gasteiger partial charge in [0.05, 0.1) is 19.6 Å². The number of carbonyl (C=O) groups is 2. The Bertz CT molecular complexity index is 594. The van der Waals surface area contributed by atoms with Crippen LogP contribution in [0.25, 0.3) is 0 Å². The van der Waals surface area contributed by atoms with Gasteiger partial charge in [-0.3, -0.25) is 9.59 Å². The highest BCUT2D eigenvalue weighted by molar-refractivity contribution is 5.88. The summed E-state index contributed by atoms with van der Waals surface area (Å²) in [6.07, 6.45) is 3.79. The number of morpholine rings is 1. The molecular formula is C18H24N2O3. The lowest BCUT2D eigenvalue weighted by molar-refractivity contribution is -0.139. The minimum atomic E-state index is -0.491. The van der Waals surface area contributed by atoms with Crippen molar-refractivity contribution in [2.45, 2.75) is 38.6 Å². The van der Waals surface area contributed by atoms with Gasteiger partial charge in [-0.05, 0) is 42.9 Å². The first-order chi connectivity index (χ1) is 11.1. The van der Waals surface area contributed by atoms with Crippen LogP contribution in [0.1, 0.15) is 30.0 Å². The van der Waals surface area contributed by atoms with Crippen LogP contribution in [-0.4, -0.2) is 49.1 Å². The van der Waals surface area contributed by atoms with Crippen LogP contribution in [0.15, 0.2) is 18.2 Å². The highest BCUT2D eigenvalue weighted by atomic mass is 16.5. The number of nitrogens with one attached hydrogen (secondary N) is 1. The molecule has 2 amide bonds. The van der Waals surface area contributed by atoms with E-state index in [1.807, 2.05) is 6.07 Å². The normalized spacial score (nSPS) is 18.4. The number of nitrogens with zero attached hydrogens (tertiary/aromatic N) is 1. The molecule has 0 radical (unpaired) electrons. The first kappa shape index (κ1) is 16.0. The van der Waals surface area contributed by atoms with Crippen molar-refractivity contribution < 1.29 is 14.3 Å². The quantitative estimate of drug-likeness (QED) is 0.904. The lowest BCUT2D eigenvalue weighted by Gasteiger charge is -2.29. The molecule has 2 aliphatic rings. The predicted octanol–water partition coefficient (Wildman–Crippen LogP) is 1.08. The van der Waals surface area contributed by atoms with Crippen LogP contribution in [0, 0.1) is 0 Å². The molecule has 1 aromatic rings. The van der Waals surface area contributed by atoms with E-state index in [0.29, 0.717) is 32.7 Å². The Hall–Kier alpha value is -1.88. The van der Waals surface area contributed by atoms with E-state index in [4.69, 9.17) is 4.74 Å². The highest BCUT2D eigenvalue weighted by Gasteiger charge is 2.23. The number of fused-ring (bicyclic) bond motifs is 1. The lowest BCUT2D eigenvalue weighted by atomic mass is 10.0. The van der Waals surface area contributed by atoms with Gasteiger partial charge in [0.25, 0.3) is 0 Å². The summed E-state index contributed by atoms with van der Waals surface area (Å²) in [7, 11) is 0. The van der Waals surface area contributed by atoms with Gasteiger partial charge < -0.3 is 15.0 Å². The maximum Gasteiger partial charge on any atom is 0.245 e. The molecule has 3 rings (SSSR count). The summed E-state index contributed by atoms with van der Waals surface area (Å²) >= 11 is 0. The van der Waals surface area contributed by atoms with Crippen molar-refractivity contribution >= 4 is 11.8 Å². The fraction of sp³-hybridized carbons (Fsp3) is 0.556. The Morgan fingerprint density at radius 2 is 1.96 bits per heavy atom. The highest BCUT2D eigenvalue weighted by Crippen LogP contribution is 2.22.